The lowest BCUT2D eigenvalue weighted by Crippen LogP contribution is -2.69. The molecule has 2 aliphatic carbocycles. The number of aliphatic hydroxyl groups excluding tert-OH is 8. The molecule has 5 rings (SSSR count). The zero-order valence-corrected chi connectivity index (χ0v) is 32.0. The van der Waals surface area contributed by atoms with Gasteiger partial charge in [0.1, 0.15) is 79.4 Å². The maximum absolute atomic E-state index is 13.0. The van der Waals surface area contributed by atoms with E-state index in [0.29, 0.717) is 12.5 Å². The normalized spacial score (nSPS) is 46.3. The van der Waals surface area contributed by atoms with E-state index in [4.69, 9.17) is 68.6 Å². The zero-order chi connectivity index (χ0) is 42.6. The number of ether oxygens (including phenoxy) is 6. The number of rotatable bonds is 17. The van der Waals surface area contributed by atoms with Crippen LogP contribution < -0.4 is 50.8 Å². The summed E-state index contributed by atoms with van der Waals surface area (Å²) in [5.41, 5.74) is 41.2. The molecule has 5 aliphatic rings. The van der Waals surface area contributed by atoms with Crippen molar-refractivity contribution in [3.05, 3.63) is 0 Å². The van der Waals surface area contributed by atoms with Crippen molar-refractivity contribution >= 4 is 11.9 Å². The Balaban J connectivity index is 1.34. The molecule has 24 N–H and O–H groups in total. The molecule has 3 heterocycles. The summed E-state index contributed by atoms with van der Waals surface area (Å²) in [5, 5.41) is 92.2. The molecule has 0 bridgehead atoms. The van der Waals surface area contributed by atoms with Crippen LogP contribution in [0.5, 0.6) is 0 Å². The fraction of sp³-hybridized carbons (Fsp3) is 0.939. The van der Waals surface area contributed by atoms with Crippen molar-refractivity contribution < 1.29 is 74.1 Å². The van der Waals surface area contributed by atoms with E-state index in [1.165, 1.54) is 0 Å². The van der Waals surface area contributed by atoms with Gasteiger partial charge in [0.05, 0.1) is 24.7 Å². The molecule has 336 valence electrons. The minimum Gasteiger partial charge on any atom is -0.394 e. The van der Waals surface area contributed by atoms with Gasteiger partial charge in [-0.15, -0.1) is 0 Å². The molecule has 0 radical (unpaired) electrons. The number of nitrogens with zero attached hydrogens (tertiary/aromatic N) is 1. The van der Waals surface area contributed by atoms with Crippen molar-refractivity contribution in [3.63, 3.8) is 0 Å². The van der Waals surface area contributed by atoms with Crippen LogP contribution in [0.4, 0.5) is 0 Å². The fourth-order valence-corrected chi connectivity index (χ4v) is 7.93. The number of hydrogen-bond acceptors (Lipinski definition) is 22. The standard InChI is InChI=1S/C33H64N10O15/c34-6-15-21(47)23(49)18(37)30(53-15)57-27-17(9-44)55-32(25(27)51)58-28-20(46)13(43-29(52)14(45)1-2-42-33(39)40)5-12(36)26(28)56-31-19(38)24(50)22(48)16(54-31)8-41-7-10-3-11(35)4-10/h10-28,30-32,41,44-51H,1-9,34-38H2,(H,43,52)(H4,39,40,42)/t10?,11?,12-,13+,14-,15-,16+,17+,18+,19+,20-,21+,22+,23+,24+,25+,26+,27+,28+,30+,31+,32-/m0/s1. The van der Waals surface area contributed by atoms with Gasteiger partial charge in [-0.1, -0.05) is 0 Å². The van der Waals surface area contributed by atoms with Gasteiger partial charge in [0, 0.05) is 38.1 Å². The van der Waals surface area contributed by atoms with Crippen LogP contribution in [0, 0.1) is 5.92 Å². The SMILES string of the molecule is NC[C@@H]1O[C@H](O[C@H]2[C@@H](O)[C@H](O[C@@H]3[C@@H](O)[C@H](NC(=O)[C@@H](O)CCN=C(N)N)C[C@H](N)[C@H]3O[C@H]3O[C@H](CNCC4CC(N)C4)[C@@H](O)[C@H](O)[C@H]3N)O[C@@H]2CO)[C@H](N)[C@@H](O)[C@@H]1O. The van der Waals surface area contributed by atoms with E-state index in [0.717, 1.165) is 12.8 Å². The molecule has 25 nitrogen and oxygen atoms in total. The van der Waals surface area contributed by atoms with Crippen LogP contribution in [-0.2, 0) is 33.2 Å². The molecule has 0 aromatic carbocycles. The fourth-order valence-electron chi connectivity index (χ4n) is 7.93. The highest BCUT2D eigenvalue weighted by Gasteiger charge is 2.55. The highest BCUT2D eigenvalue weighted by atomic mass is 16.8. The van der Waals surface area contributed by atoms with Gasteiger partial charge in [0.15, 0.2) is 24.8 Å². The second kappa shape index (κ2) is 20.7. The first-order valence-electron chi connectivity index (χ1n) is 19.5. The molecule has 0 aromatic heterocycles. The summed E-state index contributed by atoms with van der Waals surface area (Å²) in [6, 6.07) is -4.78. The average Bonchev–Trinajstić information content (AvgIpc) is 3.47. The van der Waals surface area contributed by atoms with Crippen LogP contribution in [0.2, 0.25) is 0 Å². The van der Waals surface area contributed by atoms with Gasteiger partial charge in [-0.3, -0.25) is 9.79 Å². The molecule has 25 heteroatoms. The maximum Gasteiger partial charge on any atom is 0.249 e. The van der Waals surface area contributed by atoms with Gasteiger partial charge in [-0.2, -0.15) is 0 Å². The average molecular weight is 841 g/mol. The highest BCUT2D eigenvalue weighted by Crippen LogP contribution is 2.35. The van der Waals surface area contributed by atoms with Crippen LogP contribution >= 0.6 is 0 Å². The Hall–Kier alpha value is -2.06. The molecule has 0 aromatic rings. The molecule has 3 aliphatic heterocycles. The van der Waals surface area contributed by atoms with E-state index >= 15 is 0 Å². The summed E-state index contributed by atoms with van der Waals surface area (Å²) in [4.78, 5) is 16.8. The first-order chi connectivity index (χ1) is 27.4. The van der Waals surface area contributed by atoms with E-state index < -0.39 is 135 Å². The molecule has 58 heavy (non-hydrogen) atoms. The number of carbonyl (C=O) groups is 1. The van der Waals surface area contributed by atoms with Crippen LogP contribution in [-0.4, -0.2) is 214 Å². The van der Waals surface area contributed by atoms with Gasteiger partial charge in [0.25, 0.3) is 0 Å². The van der Waals surface area contributed by atoms with Crippen molar-refractivity contribution in [2.24, 2.45) is 51.0 Å². The van der Waals surface area contributed by atoms with Crippen molar-refractivity contribution in [3.8, 4) is 0 Å². The van der Waals surface area contributed by atoms with E-state index in [9.17, 15) is 45.6 Å². The largest absolute Gasteiger partial charge is 0.394 e. The molecule has 0 spiro atoms. The number of aliphatic hydroxyl groups is 8. The molecule has 0 unspecified atom stereocenters. The second-order valence-corrected chi connectivity index (χ2v) is 15.8. The van der Waals surface area contributed by atoms with E-state index in [-0.39, 0.29) is 44.5 Å². The van der Waals surface area contributed by atoms with Crippen LogP contribution in [0.1, 0.15) is 25.7 Å². The lowest BCUT2D eigenvalue weighted by Gasteiger charge is -2.48. The van der Waals surface area contributed by atoms with Gasteiger partial charge in [0.2, 0.25) is 5.91 Å². The smallest absolute Gasteiger partial charge is 0.249 e. The Morgan fingerprint density at radius 2 is 1.29 bits per heavy atom. The highest BCUT2D eigenvalue weighted by molar-refractivity contribution is 5.81. The number of nitrogens with two attached hydrogens (primary N) is 7. The van der Waals surface area contributed by atoms with Crippen LogP contribution in [0.3, 0.4) is 0 Å². The molecule has 20 atom stereocenters. The third kappa shape index (κ3) is 10.9. The Bertz CT molecular complexity index is 1340. The van der Waals surface area contributed by atoms with Crippen molar-refractivity contribution in [2.75, 3.05) is 32.8 Å². The Morgan fingerprint density at radius 3 is 1.88 bits per heavy atom. The minimum atomic E-state index is -1.74. The first-order valence-corrected chi connectivity index (χ1v) is 19.5. The van der Waals surface area contributed by atoms with Gasteiger partial charge < -0.3 is 120 Å². The number of carbonyl (C=O) groups excluding carboxylic acids is 1. The Labute approximate surface area is 334 Å². The van der Waals surface area contributed by atoms with Gasteiger partial charge in [-0.05, 0) is 31.7 Å². The summed E-state index contributed by atoms with van der Waals surface area (Å²) < 4.78 is 35.8. The summed E-state index contributed by atoms with van der Waals surface area (Å²) in [7, 11) is 0. The lowest BCUT2D eigenvalue weighted by atomic mass is 9.81. The molecular weight excluding hydrogens is 776 g/mol. The zero-order valence-electron chi connectivity index (χ0n) is 32.0. The third-order valence-corrected chi connectivity index (χ3v) is 11.5. The van der Waals surface area contributed by atoms with E-state index in [1.54, 1.807) is 0 Å². The van der Waals surface area contributed by atoms with Crippen molar-refractivity contribution in [1.82, 2.24) is 10.6 Å². The van der Waals surface area contributed by atoms with E-state index in [2.05, 4.69) is 15.6 Å². The summed E-state index contributed by atoms with van der Waals surface area (Å²) in [6.45, 7) is -0.316. The predicted octanol–water partition coefficient (Wildman–Crippen LogP) is -10.3. The maximum atomic E-state index is 13.0. The number of nitrogens with one attached hydrogen (secondary N) is 2. The quantitative estimate of drug-likeness (QED) is 0.0477. The summed E-state index contributed by atoms with van der Waals surface area (Å²) in [6.07, 6.45) is -21.9. The van der Waals surface area contributed by atoms with E-state index in [1.807, 2.05) is 0 Å². The van der Waals surface area contributed by atoms with Gasteiger partial charge in [-0.25, -0.2) is 0 Å². The summed E-state index contributed by atoms with van der Waals surface area (Å²) in [5.74, 6) is -0.789. The van der Waals surface area contributed by atoms with Gasteiger partial charge >= 0.3 is 0 Å². The van der Waals surface area contributed by atoms with Crippen molar-refractivity contribution in [1.29, 1.82) is 0 Å². The van der Waals surface area contributed by atoms with Crippen LogP contribution in [0.25, 0.3) is 0 Å². The lowest BCUT2D eigenvalue weighted by molar-refractivity contribution is -0.308. The number of guanidine groups is 1. The Morgan fingerprint density at radius 1 is 0.724 bits per heavy atom. The Kier molecular flexibility index (Phi) is 16.7. The molecule has 2 saturated carbocycles. The van der Waals surface area contributed by atoms with Crippen LogP contribution in [0.15, 0.2) is 4.99 Å². The molecule has 5 fully saturated rings. The number of amides is 1. The third-order valence-electron chi connectivity index (χ3n) is 11.5. The molecular formula is C33H64N10O15. The first kappa shape index (κ1) is 47.0. The predicted molar refractivity (Wildman–Crippen MR) is 198 cm³/mol. The van der Waals surface area contributed by atoms with Crippen molar-refractivity contribution in [2.45, 2.75) is 154 Å². The topological polar surface area (TPSA) is 453 Å². The summed E-state index contributed by atoms with van der Waals surface area (Å²) >= 11 is 0. The minimum absolute atomic E-state index is 0.0753. The molecule has 1 amide bonds. The number of hydrogen-bond donors (Lipinski definition) is 17. The number of aliphatic imine (C=N–C) groups is 1. The monoisotopic (exact) mass is 840 g/mol. The second-order valence-electron chi connectivity index (χ2n) is 15.8. The molecule has 3 saturated heterocycles.